The molecule has 3 aromatic carbocycles. The molecule has 1 heterocycles. The Bertz CT molecular complexity index is 1240. The first-order valence-corrected chi connectivity index (χ1v) is 12.2. The van der Waals surface area contributed by atoms with Gasteiger partial charge in [-0.3, -0.25) is 9.10 Å². The second kappa shape index (κ2) is 9.54. The van der Waals surface area contributed by atoms with Gasteiger partial charge in [0.05, 0.1) is 23.7 Å². The van der Waals surface area contributed by atoms with Crippen molar-refractivity contribution >= 4 is 21.6 Å². The molecule has 0 fully saturated rings. The topological polar surface area (TPSA) is 84.9 Å². The fraction of sp³-hybridized carbons (Fsp3) is 0.240. The van der Waals surface area contributed by atoms with E-state index in [1.807, 2.05) is 38.1 Å². The van der Waals surface area contributed by atoms with Gasteiger partial charge < -0.3 is 14.8 Å². The largest absolute Gasteiger partial charge is 0.494 e. The summed E-state index contributed by atoms with van der Waals surface area (Å²) in [4.78, 5) is 13.1. The zero-order chi connectivity index (χ0) is 23.4. The van der Waals surface area contributed by atoms with E-state index in [-0.39, 0.29) is 18.0 Å². The van der Waals surface area contributed by atoms with E-state index in [9.17, 15) is 13.2 Å². The zero-order valence-electron chi connectivity index (χ0n) is 18.5. The van der Waals surface area contributed by atoms with Gasteiger partial charge in [-0.1, -0.05) is 42.0 Å². The third-order valence-corrected chi connectivity index (χ3v) is 7.11. The van der Waals surface area contributed by atoms with E-state index in [1.54, 1.807) is 48.5 Å². The highest BCUT2D eigenvalue weighted by atomic mass is 32.2. The van der Waals surface area contributed by atoms with Crippen LogP contribution in [0.4, 0.5) is 5.69 Å². The van der Waals surface area contributed by atoms with Gasteiger partial charge in [-0.2, -0.15) is 0 Å². The number of amides is 1. The van der Waals surface area contributed by atoms with Crippen molar-refractivity contribution in [3.63, 3.8) is 0 Å². The first-order valence-electron chi connectivity index (χ1n) is 10.7. The second-order valence-corrected chi connectivity index (χ2v) is 9.58. The van der Waals surface area contributed by atoms with Crippen LogP contribution in [0.3, 0.4) is 0 Å². The summed E-state index contributed by atoms with van der Waals surface area (Å²) in [7, 11) is -3.88. The Balaban J connectivity index is 1.55. The molecule has 0 spiro atoms. The number of carbonyl (C=O) groups is 1. The highest BCUT2D eigenvalue weighted by Gasteiger charge is 2.37. The number of nitrogens with one attached hydrogen (secondary N) is 1. The maximum absolute atomic E-state index is 13.4. The van der Waals surface area contributed by atoms with Gasteiger partial charge in [0.25, 0.3) is 15.9 Å². The van der Waals surface area contributed by atoms with Crippen LogP contribution in [-0.2, 0) is 21.4 Å². The molecule has 8 heteroatoms. The van der Waals surface area contributed by atoms with E-state index in [0.29, 0.717) is 18.0 Å². The van der Waals surface area contributed by atoms with Crippen LogP contribution < -0.4 is 19.1 Å². The number of para-hydroxylation sites is 2. The lowest BCUT2D eigenvalue weighted by Gasteiger charge is -2.34. The van der Waals surface area contributed by atoms with E-state index >= 15 is 0 Å². The first-order chi connectivity index (χ1) is 15.9. The average molecular weight is 467 g/mol. The minimum Gasteiger partial charge on any atom is -0.494 e. The number of sulfonamides is 1. The Morgan fingerprint density at radius 1 is 1.09 bits per heavy atom. The lowest BCUT2D eigenvalue weighted by atomic mass is 10.2. The molecular weight excluding hydrogens is 440 g/mol. The summed E-state index contributed by atoms with van der Waals surface area (Å²) in [6, 6.07) is 20.9. The number of ether oxygens (including phenoxy) is 2. The first kappa shape index (κ1) is 22.7. The molecule has 0 radical (unpaired) electrons. The summed E-state index contributed by atoms with van der Waals surface area (Å²) in [5.41, 5.74) is 2.24. The number of fused-ring (bicyclic) bond motifs is 1. The van der Waals surface area contributed by atoms with Crippen molar-refractivity contribution in [3.8, 4) is 11.5 Å². The van der Waals surface area contributed by atoms with Crippen LogP contribution in [0.25, 0.3) is 0 Å². The third-order valence-electron chi connectivity index (χ3n) is 5.31. The fourth-order valence-corrected chi connectivity index (χ4v) is 5.09. The van der Waals surface area contributed by atoms with Crippen LogP contribution in [0.1, 0.15) is 18.1 Å². The molecule has 172 valence electrons. The number of aryl methyl sites for hydroxylation is 1. The molecule has 0 unspecified atom stereocenters. The molecule has 4 rings (SSSR count). The molecule has 33 heavy (non-hydrogen) atoms. The van der Waals surface area contributed by atoms with Crippen molar-refractivity contribution in [2.45, 2.75) is 31.4 Å². The summed E-state index contributed by atoms with van der Waals surface area (Å²) >= 11 is 0. The quantitative estimate of drug-likeness (QED) is 0.574. The number of carbonyl (C=O) groups excluding carboxylic acids is 1. The fourth-order valence-electron chi connectivity index (χ4n) is 3.62. The molecule has 1 atom stereocenters. The number of nitrogens with zero attached hydrogens (tertiary/aromatic N) is 1. The summed E-state index contributed by atoms with van der Waals surface area (Å²) in [5.74, 6) is 0.677. The van der Waals surface area contributed by atoms with Crippen LogP contribution >= 0.6 is 0 Å². The maximum Gasteiger partial charge on any atom is 0.264 e. The van der Waals surface area contributed by atoms with Gasteiger partial charge in [-0.05, 0) is 55.8 Å². The van der Waals surface area contributed by atoms with Gasteiger partial charge in [0.2, 0.25) is 0 Å². The van der Waals surface area contributed by atoms with Crippen LogP contribution in [-0.4, -0.2) is 33.6 Å². The van der Waals surface area contributed by atoms with Crippen molar-refractivity contribution in [2.75, 3.05) is 17.5 Å². The van der Waals surface area contributed by atoms with Crippen molar-refractivity contribution in [2.24, 2.45) is 0 Å². The molecule has 0 aromatic heterocycles. The molecular formula is C25H26N2O5S. The highest BCUT2D eigenvalue weighted by molar-refractivity contribution is 7.92. The Kier molecular flexibility index (Phi) is 6.55. The van der Waals surface area contributed by atoms with Gasteiger partial charge in [0.15, 0.2) is 6.10 Å². The van der Waals surface area contributed by atoms with Crippen molar-refractivity contribution in [1.29, 1.82) is 0 Å². The van der Waals surface area contributed by atoms with Crippen LogP contribution in [0.5, 0.6) is 11.5 Å². The smallest absolute Gasteiger partial charge is 0.264 e. The molecule has 1 aliphatic heterocycles. The Hall–Kier alpha value is -3.52. The van der Waals surface area contributed by atoms with Gasteiger partial charge in [-0.25, -0.2) is 8.42 Å². The molecule has 7 nitrogen and oxygen atoms in total. The van der Waals surface area contributed by atoms with Crippen LogP contribution in [0.2, 0.25) is 0 Å². The van der Waals surface area contributed by atoms with E-state index in [0.717, 1.165) is 16.9 Å². The van der Waals surface area contributed by atoms with Crippen molar-refractivity contribution in [1.82, 2.24) is 5.32 Å². The minimum absolute atomic E-state index is 0.127. The van der Waals surface area contributed by atoms with Crippen LogP contribution in [0, 0.1) is 6.92 Å². The molecule has 0 saturated heterocycles. The lowest BCUT2D eigenvalue weighted by Crippen LogP contribution is -2.50. The third kappa shape index (κ3) is 4.96. The molecule has 1 amide bonds. The molecule has 1 aliphatic rings. The number of anilines is 1. The summed E-state index contributed by atoms with van der Waals surface area (Å²) in [6.45, 7) is 4.49. The molecule has 0 aliphatic carbocycles. The van der Waals surface area contributed by atoms with E-state index in [1.165, 1.54) is 4.31 Å². The number of benzene rings is 3. The van der Waals surface area contributed by atoms with Gasteiger partial charge in [0.1, 0.15) is 11.5 Å². The Labute approximate surface area is 194 Å². The summed E-state index contributed by atoms with van der Waals surface area (Å²) in [5, 5.41) is 2.85. The van der Waals surface area contributed by atoms with Gasteiger partial charge >= 0.3 is 0 Å². The molecule has 0 bridgehead atoms. The number of hydrogen-bond acceptors (Lipinski definition) is 5. The van der Waals surface area contributed by atoms with Gasteiger partial charge in [-0.15, -0.1) is 0 Å². The Morgan fingerprint density at radius 2 is 1.85 bits per heavy atom. The average Bonchev–Trinajstić information content (AvgIpc) is 2.82. The zero-order valence-corrected chi connectivity index (χ0v) is 19.3. The number of hydrogen-bond donors (Lipinski definition) is 1. The number of rotatable bonds is 7. The minimum atomic E-state index is -3.88. The van der Waals surface area contributed by atoms with Crippen molar-refractivity contribution in [3.05, 3.63) is 83.9 Å². The van der Waals surface area contributed by atoms with Gasteiger partial charge in [0, 0.05) is 6.54 Å². The van der Waals surface area contributed by atoms with Crippen molar-refractivity contribution < 1.29 is 22.7 Å². The monoisotopic (exact) mass is 466 g/mol. The second-order valence-electron chi connectivity index (χ2n) is 7.72. The lowest BCUT2D eigenvalue weighted by molar-refractivity contribution is -0.127. The predicted octanol–water partition coefficient (Wildman–Crippen LogP) is 3.67. The SMILES string of the molecule is CCOc1cccc(CNC(=O)[C@@H]2CN(S(=O)(=O)c3ccc(C)cc3)c3ccccc3O2)c1. The maximum atomic E-state index is 13.4. The molecule has 1 N–H and O–H groups in total. The van der Waals surface area contributed by atoms with E-state index < -0.39 is 22.0 Å². The van der Waals surface area contributed by atoms with E-state index in [2.05, 4.69) is 5.32 Å². The Morgan fingerprint density at radius 3 is 2.61 bits per heavy atom. The van der Waals surface area contributed by atoms with Crippen LogP contribution in [0.15, 0.2) is 77.7 Å². The normalized spacial score (nSPS) is 15.3. The summed E-state index contributed by atoms with van der Waals surface area (Å²) in [6.07, 6.45) is -0.991. The molecule has 3 aromatic rings. The summed E-state index contributed by atoms with van der Waals surface area (Å²) < 4.78 is 39.5. The molecule has 0 saturated carbocycles. The standard InChI is InChI=1S/C25H26N2O5S/c1-3-31-20-8-6-7-19(15-20)16-26-25(28)24-17-27(22-9-4-5-10-23(22)32-24)33(29,30)21-13-11-18(2)12-14-21/h4-15,24H,3,16-17H2,1-2H3,(H,26,28)/t24-/m0/s1. The highest BCUT2D eigenvalue weighted by Crippen LogP contribution is 2.36. The predicted molar refractivity (Wildman–Crippen MR) is 126 cm³/mol. The van der Waals surface area contributed by atoms with E-state index in [4.69, 9.17) is 9.47 Å².